The van der Waals surface area contributed by atoms with Crippen molar-refractivity contribution in [3.63, 3.8) is 0 Å². The van der Waals surface area contributed by atoms with Crippen LogP contribution in [0.2, 0.25) is 0 Å². The predicted octanol–water partition coefficient (Wildman–Crippen LogP) is 13.1. The SMILES string of the molecule is c1ccc(-c2cccc(-c3cccc(-c4nc(-c5ccc6oc(-c7ccccc7)nc6c5)nc(-c5ccc6c7ccccc7n(-c7ccccc7)c6c5)n4)c3)c2)cc1. The number of aromatic nitrogens is 5. The fraction of sp³-hybridized carbons (Fsp3) is 0. The van der Waals surface area contributed by atoms with Crippen molar-refractivity contribution in [1.82, 2.24) is 24.5 Å². The van der Waals surface area contributed by atoms with E-state index in [1.54, 1.807) is 0 Å². The molecule has 11 aromatic rings. The van der Waals surface area contributed by atoms with Crippen LogP contribution in [0.4, 0.5) is 0 Å². The maximum absolute atomic E-state index is 6.17. The summed E-state index contributed by atoms with van der Waals surface area (Å²) in [5.74, 6) is 2.27. The lowest BCUT2D eigenvalue weighted by molar-refractivity contribution is 0.620. The zero-order valence-corrected chi connectivity index (χ0v) is 31.2. The Morgan fingerprint density at radius 1 is 0.328 bits per heavy atom. The molecule has 0 spiro atoms. The molecule has 0 fully saturated rings. The largest absolute Gasteiger partial charge is 0.436 e. The maximum Gasteiger partial charge on any atom is 0.227 e. The highest BCUT2D eigenvalue weighted by atomic mass is 16.3. The van der Waals surface area contributed by atoms with E-state index >= 15 is 0 Å². The summed E-state index contributed by atoms with van der Waals surface area (Å²) in [5.41, 5.74) is 12.8. The van der Waals surface area contributed by atoms with Crippen LogP contribution in [0.3, 0.4) is 0 Å². The summed E-state index contributed by atoms with van der Waals surface area (Å²) in [6, 6.07) is 68.9. The minimum absolute atomic E-state index is 0.548. The molecular weight excluding hydrogens is 711 g/mol. The van der Waals surface area contributed by atoms with E-state index < -0.39 is 0 Å². The lowest BCUT2D eigenvalue weighted by atomic mass is 9.98. The second-order valence-electron chi connectivity index (χ2n) is 14.3. The first-order valence-electron chi connectivity index (χ1n) is 19.3. The van der Waals surface area contributed by atoms with E-state index in [0.29, 0.717) is 28.9 Å². The molecule has 0 saturated carbocycles. The van der Waals surface area contributed by atoms with Crippen LogP contribution in [0.25, 0.3) is 106 Å². The van der Waals surface area contributed by atoms with Crippen molar-refractivity contribution >= 4 is 32.9 Å². The zero-order valence-electron chi connectivity index (χ0n) is 31.2. The van der Waals surface area contributed by atoms with Gasteiger partial charge >= 0.3 is 0 Å². The first-order chi connectivity index (χ1) is 28.7. The average Bonchev–Trinajstić information content (AvgIpc) is 3.89. The molecule has 8 aromatic carbocycles. The van der Waals surface area contributed by atoms with Gasteiger partial charge in [-0.1, -0.05) is 133 Å². The smallest absolute Gasteiger partial charge is 0.227 e. The van der Waals surface area contributed by atoms with Gasteiger partial charge in [-0.2, -0.15) is 0 Å². The molecule has 272 valence electrons. The van der Waals surface area contributed by atoms with Crippen molar-refractivity contribution in [2.24, 2.45) is 0 Å². The highest BCUT2D eigenvalue weighted by molar-refractivity contribution is 6.10. The van der Waals surface area contributed by atoms with Crippen molar-refractivity contribution in [2.45, 2.75) is 0 Å². The number of oxazole rings is 1. The fourth-order valence-corrected chi connectivity index (χ4v) is 7.85. The van der Waals surface area contributed by atoms with Crippen LogP contribution >= 0.6 is 0 Å². The van der Waals surface area contributed by atoms with Crippen LogP contribution in [0.1, 0.15) is 0 Å². The van der Waals surface area contributed by atoms with Crippen molar-refractivity contribution in [3.05, 3.63) is 200 Å². The first kappa shape index (κ1) is 33.4. The molecule has 0 saturated heterocycles. The van der Waals surface area contributed by atoms with Crippen LogP contribution < -0.4 is 0 Å². The Bertz CT molecular complexity index is 3280. The molecule has 0 bridgehead atoms. The van der Waals surface area contributed by atoms with Gasteiger partial charge in [-0.05, 0) is 89.0 Å². The van der Waals surface area contributed by atoms with Gasteiger partial charge in [0.25, 0.3) is 0 Å². The highest BCUT2D eigenvalue weighted by Crippen LogP contribution is 2.36. The number of benzene rings is 8. The molecular formula is C52H33N5O. The van der Waals surface area contributed by atoms with E-state index in [-0.39, 0.29) is 0 Å². The zero-order chi connectivity index (χ0) is 38.4. The second-order valence-corrected chi connectivity index (χ2v) is 14.3. The quantitative estimate of drug-likeness (QED) is 0.163. The van der Waals surface area contributed by atoms with E-state index in [1.165, 1.54) is 10.9 Å². The summed E-state index contributed by atoms with van der Waals surface area (Å²) in [5, 5.41) is 2.35. The minimum Gasteiger partial charge on any atom is -0.436 e. The summed E-state index contributed by atoms with van der Waals surface area (Å²) in [7, 11) is 0. The van der Waals surface area contributed by atoms with Gasteiger partial charge in [0.2, 0.25) is 5.89 Å². The van der Waals surface area contributed by atoms with E-state index in [1.807, 2.05) is 60.7 Å². The van der Waals surface area contributed by atoms with E-state index in [4.69, 9.17) is 24.4 Å². The molecule has 0 atom stereocenters. The lowest BCUT2D eigenvalue weighted by Crippen LogP contribution is -2.01. The number of fused-ring (bicyclic) bond motifs is 4. The molecule has 3 aromatic heterocycles. The number of hydrogen-bond acceptors (Lipinski definition) is 5. The topological polar surface area (TPSA) is 69.6 Å². The molecule has 0 amide bonds. The third kappa shape index (κ3) is 6.01. The molecule has 0 aliphatic carbocycles. The van der Waals surface area contributed by atoms with Gasteiger partial charge in [-0.25, -0.2) is 19.9 Å². The van der Waals surface area contributed by atoms with Gasteiger partial charge in [0, 0.05) is 38.7 Å². The van der Waals surface area contributed by atoms with Crippen LogP contribution in [-0.2, 0) is 0 Å². The maximum atomic E-state index is 6.17. The average molecular weight is 744 g/mol. The van der Waals surface area contributed by atoms with Gasteiger partial charge in [-0.3, -0.25) is 0 Å². The van der Waals surface area contributed by atoms with Crippen molar-refractivity contribution in [3.8, 4) is 73.6 Å². The Balaban J connectivity index is 1.08. The Hall–Kier alpha value is -7.96. The highest BCUT2D eigenvalue weighted by Gasteiger charge is 2.18. The van der Waals surface area contributed by atoms with Gasteiger partial charge in [0.15, 0.2) is 23.1 Å². The summed E-state index contributed by atoms with van der Waals surface area (Å²) in [4.78, 5) is 20.4. The molecule has 6 heteroatoms. The number of nitrogens with zero attached hydrogens (tertiary/aromatic N) is 5. The first-order valence-corrected chi connectivity index (χ1v) is 19.3. The number of para-hydroxylation sites is 2. The second kappa shape index (κ2) is 14.0. The molecule has 0 aliphatic heterocycles. The van der Waals surface area contributed by atoms with Crippen LogP contribution in [-0.4, -0.2) is 24.5 Å². The van der Waals surface area contributed by atoms with Crippen LogP contribution in [0.15, 0.2) is 205 Å². The van der Waals surface area contributed by atoms with Gasteiger partial charge < -0.3 is 8.98 Å². The fourth-order valence-electron chi connectivity index (χ4n) is 7.85. The van der Waals surface area contributed by atoms with E-state index in [9.17, 15) is 0 Å². The molecule has 3 heterocycles. The lowest BCUT2D eigenvalue weighted by Gasteiger charge is -2.11. The molecule has 0 N–H and O–H groups in total. The summed E-state index contributed by atoms with van der Waals surface area (Å²) in [6.45, 7) is 0. The Kier molecular flexibility index (Phi) is 8.04. The number of hydrogen-bond donors (Lipinski definition) is 0. The van der Waals surface area contributed by atoms with Crippen LogP contribution in [0, 0.1) is 0 Å². The van der Waals surface area contributed by atoms with Gasteiger partial charge in [0.05, 0.1) is 11.0 Å². The number of rotatable bonds is 7. The molecule has 58 heavy (non-hydrogen) atoms. The minimum atomic E-state index is 0.548. The Morgan fingerprint density at radius 2 is 0.828 bits per heavy atom. The third-order valence-electron chi connectivity index (χ3n) is 10.7. The van der Waals surface area contributed by atoms with Crippen molar-refractivity contribution < 1.29 is 4.42 Å². The summed E-state index contributed by atoms with van der Waals surface area (Å²) >= 11 is 0. The molecule has 0 aliphatic rings. The summed E-state index contributed by atoms with van der Waals surface area (Å²) < 4.78 is 8.48. The monoisotopic (exact) mass is 743 g/mol. The van der Waals surface area contributed by atoms with E-state index in [2.05, 4.69) is 144 Å². The van der Waals surface area contributed by atoms with Crippen molar-refractivity contribution in [1.29, 1.82) is 0 Å². The van der Waals surface area contributed by atoms with Crippen molar-refractivity contribution in [2.75, 3.05) is 0 Å². The Morgan fingerprint density at radius 3 is 1.53 bits per heavy atom. The molecule has 0 radical (unpaired) electrons. The summed E-state index contributed by atoms with van der Waals surface area (Å²) in [6.07, 6.45) is 0. The Labute approximate surface area is 334 Å². The predicted molar refractivity (Wildman–Crippen MR) is 234 cm³/mol. The molecule has 11 rings (SSSR count). The van der Waals surface area contributed by atoms with Gasteiger partial charge in [0.1, 0.15) is 5.52 Å². The third-order valence-corrected chi connectivity index (χ3v) is 10.7. The van der Waals surface area contributed by atoms with E-state index in [0.717, 1.165) is 66.6 Å². The van der Waals surface area contributed by atoms with Crippen LogP contribution in [0.5, 0.6) is 0 Å². The normalized spacial score (nSPS) is 11.4. The molecule has 0 unspecified atom stereocenters. The van der Waals surface area contributed by atoms with Gasteiger partial charge in [-0.15, -0.1) is 0 Å². The molecule has 6 nitrogen and oxygen atoms in total. The standard InChI is InChI=1S/C52H33N5O/c1-4-14-34(15-5-1)36-18-12-19-37(30-36)38-20-13-21-39(31-38)49-54-50(40-27-29-48-45(32-40)53-52(58-48)35-16-6-2-7-17-35)56-51(55-49)41-26-28-44-43-24-10-11-25-46(43)57(47(44)33-41)42-22-8-3-9-23-42/h1-33H.